The van der Waals surface area contributed by atoms with Crippen molar-refractivity contribution in [2.24, 2.45) is 0 Å². The Morgan fingerprint density at radius 1 is 1.21 bits per heavy atom. The first-order valence-corrected chi connectivity index (χ1v) is 8.87. The molecule has 140 valence electrons. The quantitative estimate of drug-likeness (QED) is 0.717. The summed E-state index contributed by atoms with van der Waals surface area (Å²) in [6.45, 7) is 3.71. The van der Waals surface area contributed by atoms with Crippen LogP contribution in [0.4, 0.5) is 0 Å². The van der Waals surface area contributed by atoms with Gasteiger partial charge in [0.15, 0.2) is 0 Å². The summed E-state index contributed by atoms with van der Waals surface area (Å²) >= 11 is 0. The number of nitrogens with one attached hydrogen (secondary N) is 1. The lowest BCUT2D eigenvalue weighted by molar-refractivity contribution is 0.0924. The summed E-state index contributed by atoms with van der Waals surface area (Å²) in [7, 11) is 0. The molecule has 2 N–H and O–H groups in total. The average molecular weight is 372 g/mol. The molecule has 0 saturated heterocycles. The summed E-state index contributed by atoms with van der Waals surface area (Å²) in [5.41, 5.74) is 4.75. The minimum absolute atomic E-state index is 0.150. The standard InChI is InChI=1S/C22H20N4O2/c1-14-3-4-21(25-11-14)18-7-17(20-13-24-6-5-16(20)10-23)8-19(9-18)22(28)26-12-15(2)27/h3-9,11,13,15,27H,12H2,1-2H3,(H,26,28). The smallest absolute Gasteiger partial charge is 0.251 e. The van der Waals surface area contributed by atoms with Crippen LogP contribution in [0, 0.1) is 18.3 Å². The number of amides is 1. The topological polar surface area (TPSA) is 98.9 Å². The van der Waals surface area contributed by atoms with E-state index in [0.29, 0.717) is 22.3 Å². The Morgan fingerprint density at radius 3 is 2.68 bits per heavy atom. The molecular weight excluding hydrogens is 352 g/mol. The monoisotopic (exact) mass is 372 g/mol. The van der Waals surface area contributed by atoms with Gasteiger partial charge >= 0.3 is 0 Å². The maximum Gasteiger partial charge on any atom is 0.251 e. The van der Waals surface area contributed by atoms with E-state index in [-0.39, 0.29) is 12.5 Å². The first-order valence-electron chi connectivity index (χ1n) is 8.87. The number of nitrogens with zero attached hydrogens (tertiary/aromatic N) is 3. The number of rotatable bonds is 5. The molecule has 0 aliphatic heterocycles. The van der Waals surface area contributed by atoms with Crippen LogP contribution in [0.3, 0.4) is 0 Å². The maximum absolute atomic E-state index is 12.6. The third-order valence-corrected chi connectivity index (χ3v) is 4.21. The highest BCUT2D eigenvalue weighted by Crippen LogP contribution is 2.29. The van der Waals surface area contributed by atoms with Gasteiger partial charge < -0.3 is 10.4 Å². The highest BCUT2D eigenvalue weighted by Gasteiger charge is 2.14. The van der Waals surface area contributed by atoms with E-state index in [1.54, 1.807) is 43.7 Å². The lowest BCUT2D eigenvalue weighted by Crippen LogP contribution is -2.30. The zero-order valence-corrected chi connectivity index (χ0v) is 15.7. The molecule has 28 heavy (non-hydrogen) atoms. The van der Waals surface area contributed by atoms with Crippen LogP contribution in [0.1, 0.15) is 28.4 Å². The summed E-state index contributed by atoms with van der Waals surface area (Å²) in [4.78, 5) is 21.2. The second kappa shape index (κ2) is 8.42. The van der Waals surface area contributed by atoms with Gasteiger partial charge in [-0.15, -0.1) is 0 Å². The molecule has 0 bridgehead atoms. The van der Waals surface area contributed by atoms with Crippen LogP contribution in [-0.4, -0.2) is 33.6 Å². The van der Waals surface area contributed by atoms with Crippen molar-refractivity contribution < 1.29 is 9.90 Å². The van der Waals surface area contributed by atoms with Gasteiger partial charge in [-0.3, -0.25) is 14.8 Å². The maximum atomic E-state index is 12.6. The largest absolute Gasteiger partial charge is 0.392 e. The van der Waals surface area contributed by atoms with Crippen LogP contribution >= 0.6 is 0 Å². The summed E-state index contributed by atoms with van der Waals surface area (Å²) < 4.78 is 0. The molecule has 0 aliphatic rings. The molecule has 0 saturated carbocycles. The average Bonchev–Trinajstić information content (AvgIpc) is 2.72. The molecule has 1 atom stereocenters. The molecule has 3 rings (SSSR count). The van der Waals surface area contributed by atoms with E-state index in [0.717, 1.165) is 16.8 Å². The third kappa shape index (κ3) is 4.40. The number of nitriles is 1. The Bertz CT molecular complexity index is 1040. The number of carbonyl (C=O) groups is 1. The molecule has 2 aromatic heterocycles. The van der Waals surface area contributed by atoms with Gasteiger partial charge in [0.1, 0.15) is 0 Å². The van der Waals surface area contributed by atoms with E-state index < -0.39 is 6.10 Å². The molecule has 6 heteroatoms. The van der Waals surface area contributed by atoms with Crippen LogP contribution in [0.2, 0.25) is 0 Å². The highest BCUT2D eigenvalue weighted by atomic mass is 16.3. The van der Waals surface area contributed by atoms with Crippen LogP contribution < -0.4 is 5.32 Å². The number of benzene rings is 1. The van der Waals surface area contributed by atoms with Gasteiger partial charge in [0.2, 0.25) is 0 Å². The predicted molar refractivity (Wildman–Crippen MR) is 106 cm³/mol. The lowest BCUT2D eigenvalue weighted by atomic mass is 9.96. The van der Waals surface area contributed by atoms with E-state index in [4.69, 9.17) is 0 Å². The van der Waals surface area contributed by atoms with Crippen molar-refractivity contribution in [3.63, 3.8) is 0 Å². The van der Waals surface area contributed by atoms with Gasteiger partial charge in [0, 0.05) is 41.8 Å². The molecule has 6 nitrogen and oxygen atoms in total. The molecule has 3 aromatic rings. The normalized spacial score (nSPS) is 11.5. The van der Waals surface area contributed by atoms with Crippen molar-refractivity contribution >= 4 is 5.91 Å². The molecular formula is C22H20N4O2. The van der Waals surface area contributed by atoms with E-state index >= 15 is 0 Å². The van der Waals surface area contributed by atoms with Crippen LogP contribution in [0.15, 0.2) is 55.0 Å². The first kappa shape index (κ1) is 19.2. The van der Waals surface area contributed by atoms with Crippen molar-refractivity contribution in [2.45, 2.75) is 20.0 Å². The fourth-order valence-corrected chi connectivity index (χ4v) is 2.77. The molecule has 0 fully saturated rings. The molecule has 2 heterocycles. The molecule has 1 unspecified atom stereocenters. The Labute approximate surface area is 163 Å². The summed E-state index contributed by atoms with van der Waals surface area (Å²) in [5, 5.41) is 21.6. The zero-order valence-electron chi connectivity index (χ0n) is 15.7. The number of aromatic nitrogens is 2. The summed E-state index contributed by atoms with van der Waals surface area (Å²) in [6.07, 6.45) is 4.29. The third-order valence-electron chi connectivity index (χ3n) is 4.21. The second-order valence-corrected chi connectivity index (χ2v) is 6.61. The lowest BCUT2D eigenvalue weighted by Gasteiger charge is -2.12. The first-order chi connectivity index (χ1) is 13.5. The number of aliphatic hydroxyl groups excluding tert-OH is 1. The zero-order chi connectivity index (χ0) is 20.1. The van der Waals surface area contributed by atoms with Gasteiger partial charge in [-0.1, -0.05) is 6.07 Å². The van der Waals surface area contributed by atoms with E-state index in [1.807, 2.05) is 25.1 Å². The molecule has 0 aliphatic carbocycles. The van der Waals surface area contributed by atoms with Gasteiger partial charge in [0.25, 0.3) is 5.91 Å². The summed E-state index contributed by atoms with van der Waals surface area (Å²) in [5.74, 6) is -0.307. The fraction of sp³-hybridized carbons (Fsp3) is 0.182. The van der Waals surface area contributed by atoms with Gasteiger partial charge in [-0.2, -0.15) is 5.26 Å². The molecule has 0 radical (unpaired) electrons. The number of aryl methyl sites for hydroxylation is 1. The van der Waals surface area contributed by atoms with Crippen molar-refractivity contribution in [2.75, 3.05) is 6.54 Å². The van der Waals surface area contributed by atoms with Crippen LogP contribution in [-0.2, 0) is 0 Å². The van der Waals surface area contributed by atoms with E-state index in [1.165, 1.54) is 0 Å². The molecule has 1 aromatic carbocycles. The van der Waals surface area contributed by atoms with Crippen LogP contribution in [0.5, 0.6) is 0 Å². The Hall–Kier alpha value is -3.56. The molecule has 0 spiro atoms. The van der Waals surface area contributed by atoms with Crippen molar-refractivity contribution in [1.29, 1.82) is 5.26 Å². The Kier molecular flexibility index (Phi) is 5.78. The minimum Gasteiger partial charge on any atom is -0.392 e. The minimum atomic E-state index is -0.645. The van der Waals surface area contributed by atoms with Gasteiger partial charge in [-0.05, 0) is 55.3 Å². The highest BCUT2D eigenvalue weighted by molar-refractivity contribution is 5.97. The Balaban J connectivity index is 2.12. The fourth-order valence-electron chi connectivity index (χ4n) is 2.77. The number of carbonyl (C=O) groups excluding carboxylic acids is 1. The van der Waals surface area contributed by atoms with E-state index in [2.05, 4.69) is 21.4 Å². The van der Waals surface area contributed by atoms with Crippen molar-refractivity contribution in [1.82, 2.24) is 15.3 Å². The number of hydrogen-bond donors (Lipinski definition) is 2. The number of pyridine rings is 2. The van der Waals surface area contributed by atoms with E-state index in [9.17, 15) is 15.2 Å². The van der Waals surface area contributed by atoms with Gasteiger partial charge in [0.05, 0.1) is 23.4 Å². The number of aliphatic hydroxyl groups is 1. The van der Waals surface area contributed by atoms with Crippen molar-refractivity contribution in [3.8, 4) is 28.5 Å². The SMILES string of the molecule is Cc1ccc(-c2cc(C(=O)NCC(C)O)cc(-c3cnccc3C#N)c2)nc1. The predicted octanol–water partition coefficient (Wildman–Crippen LogP) is 3.10. The summed E-state index contributed by atoms with van der Waals surface area (Å²) in [6, 6.07) is 13.0. The van der Waals surface area contributed by atoms with Gasteiger partial charge in [-0.25, -0.2) is 0 Å². The number of hydrogen-bond acceptors (Lipinski definition) is 5. The Morgan fingerprint density at radius 2 is 2.00 bits per heavy atom. The molecule has 1 amide bonds. The van der Waals surface area contributed by atoms with Crippen LogP contribution in [0.25, 0.3) is 22.4 Å². The second-order valence-electron chi connectivity index (χ2n) is 6.61. The van der Waals surface area contributed by atoms with Crippen molar-refractivity contribution in [3.05, 3.63) is 71.7 Å².